The summed E-state index contributed by atoms with van der Waals surface area (Å²) < 4.78 is 1.60. The molecule has 134 valence electrons. The van der Waals surface area contributed by atoms with Crippen molar-refractivity contribution in [1.82, 2.24) is 9.55 Å². The second kappa shape index (κ2) is 7.52. The lowest BCUT2D eigenvalue weighted by Crippen LogP contribution is -2.29. The molecule has 1 amide bonds. The van der Waals surface area contributed by atoms with Crippen LogP contribution in [-0.4, -0.2) is 15.5 Å². The molecule has 3 rings (SSSR count). The molecule has 0 aliphatic rings. The van der Waals surface area contributed by atoms with Crippen LogP contribution in [0.1, 0.15) is 36.3 Å². The highest BCUT2D eigenvalue weighted by Gasteiger charge is 2.16. The Morgan fingerprint density at radius 1 is 1.15 bits per heavy atom. The minimum Gasteiger partial charge on any atom is -0.321 e. The molecule has 2 heterocycles. The van der Waals surface area contributed by atoms with E-state index in [2.05, 4.69) is 24.1 Å². The summed E-state index contributed by atoms with van der Waals surface area (Å²) in [6.45, 7) is 6.68. The lowest BCUT2D eigenvalue weighted by atomic mass is 10.1. The van der Waals surface area contributed by atoms with Crippen LogP contribution in [0.2, 0.25) is 0 Å². The average molecular weight is 349 g/mol. The molecule has 0 spiro atoms. The first kappa shape index (κ1) is 17.9. The van der Waals surface area contributed by atoms with E-state index in [0.29, 0.717) is 29.2 Å². The number of nitrogens with zero attached hydrogens (tertiary/aromatic N) is 2. The van der Waals surface area contributed by atoms with E-state index >= 15 is 0 Å². The number of nitrogens with one attached hydrogen (secondary N) is 1. The molecule has 0 atom stereocenters. The maximum absolute atomic E-state index is 13.0. The Balaban J connectivity index is 2.09. The van der Waals surface area contributed by atoms with Gasteiger partial charge in [0.05, 0.1) is 0 Å². The molecular weight excluding hydrogens is 326 g/mol. The summed E-state index contributed by atoms with van der Waals surface area (Å²) in [5.41, 5.74) is 1.94. The van der Waals surface area contributed by atoms with E-state index in [-0.39, 0.29) is 11.5 Å². The Hall–Kier alpha value is -2.95. The van der Waals surface area contributed by atoms with Crippen LogP contribution in [0, 0.1) is 12.8 Å². The van der Waals surface area contributed by atoms with E-state index < -0.39 is 0 Å². The molecule has 1 aromatic carbocycles. The summed E-state index contributed by atoms with van der Waals surface area (Å²) in [5.74, 6) is 0.144. The highest BCUT2D eigenvalue weighted by atomic mass is 16.2. The van der Waals surface area contributed by atoms with E-state index in [1.807, 2.05) is 25.1 Å². The average Bonchev–Trinajstić information content (AvgIpc) is 2.62. The normalized spacial score (nSPS) is 11.1. The van der Waals surface area contributed by atoms with Gasteiger partial charge in [-0.1, -0.05) is 31.5 Å². The molecule has 5 heteroatoms. The van der Waals surface area contributed by atoms with Gasteiger partial charge in [0.1, 0.15) is 5.69 Å². The molecular formula is C21H23N3O2. The molecule has 0 unspecified atom stereocenters. The van der Waals surface area contributed by atoms with Crippen LogP contribution in [0.3, 0.4) is 0 Å². The van der Waals surface area contributed by atoms with Gasteiger partial charge in [-0.2, -0.15) is 0 Å². The maximum Gasteiger partial charge on any atom is 0.272 e. The van der Waals surface area contributed by atoms with E-state index in [9.17, 15) is 9.59 Å². The van der Waals surface area contributed by atoms with Gasteiger partial charge in [0.15, 0.2) is 0 Å². The van der Waals surface area contributed by atoms with Crippen molar-refractivity contribution < 1.29 is 4.79 Å². The highest BCUT2D eigenvalue weighted by Crippen LogP contribution is 2.17. The fraction of sp³-hybridized carbons (Fsp3) is 0.286. The Kier molecular flexibility index (Phi) is 5.16. The van der Waals surface area contributed by atoms with E-state index in [1.54, 1.807) is 35.2 Å². The van der Waals surface area contributed by atoms with Gasteiger partial charge >= 0.3 is 0 Å². The number of pyridine rings is 2. The number of benzene rings is 1. The number of fused-ring (bicyclic) bond motifs is 1. The second-order valence-corrected chi connectivity index (χ2v) is 6.95. The van der Waals surface area contributed by atoms with Crippen molar-refractivity contribution in [3.8, 4) is 0 Å². The van der Waals surface area contributed by atoms with Crippen molar-refractivity contribution in [3.05, 3.63) is 70.4 Å². The Labute approximate surface area is 152 Å². The fourth-order valence-electron chi connectivity index (χ4n) is 2.89. The molecule has 0 fully saturated rings. The van der Waals surface area contributed by atoms with Crippen molar-refractivity contribution in [1.29, 1.82) is 0 Å². The van der Waals surface area contributed by atoms with Crippen molar-refractivity contribution in [2.75, 3.05) is 5.32 Å². The number of rotatable bonds is 5. The summed E-state index contributed by atoms with van der Waals surface area (Å²) in [7, 11) is 0. The first-order valence-electron chi connectivity index (χ1n) is 8.81. The number of hydrogen-bond acceptors (Lipinski definition) is 3. The molecule has 0 saturated carbocycles. The fourth-order valence-corrected chi connectivity index (χ4v) is 2.89. The van der Waals surface area contributed by atoms with Crippen LogP contribution in [0.5, 0.6) is 0 Å². The van der Waals surface area contributed by atoms with E-state index in [0.717, 1.165) is 17.4 Å². The van der Waals surface area contributed by atoms with Crippen LogP contribution >= 0.6 is 0 Å². The van der Waals surface area contributed by atoms with Crippen LogP contribution in [-0.2, 0) is 6.54 Å². The third-order valence-corrected chi connectivity index (χ3v) is 4.37. The number of aromatic nitrogens is 2. The first-order valence-corrected chi connectivity index (χ1v) is 8.81. The minimum atomic E-state index is -0.292. The van der Waals surface area contributed by atoms with Gasteiger partial charge in [-0.25, -0.2) is 0 Å². The maximum atomic E-state index is 13.0. The third-order valence-electron chi connectivity index (χ3n) is 4.37. The highest BCUT2D eigenvalue weighted by molar-refractivity contribution is 6.05. The monoisotopic (exact) mass is 349 g/mol. The Morgan fingerprint density at radius 2 is 1.88 bits per heavy atom. The van der Waals surface area contributed by atoms with Crippen molar-refractivity contribution >= 4 is 22.4 Å². The number of carbonyl (C=O) groups is 1. The Bertz CT molecular complexity index is 991. The van der Waals surface area contributed by atoms with Gasteiger partial charge < -0.3 is 9.88 Å². The zero-order valence-corrected chi connectivity index (χ0v) is 15.3. The Morgan fingerprint density at radius 3 is 2.58 bits per heavy atom. The van der Waals surface area contributed by atoms with Gasteiger partial charge in [0, 0.05) is 30.0 Å². The lowest BCUT2D eigenvalue weighted by molar-refractivity contribution is 0.101. The third kappa shape index (κ3) is 3.82. The van der Waals surface area contributed by atoms with Crippen LogP contribution in [0.25, 0.3) is 10.8 Å². The number of aryl methyl sites for hydroxylation is 1. The van der Waals surface area contributed by atoms with Crippen molar-refractivity contribution in [3.63, 3.8) is 0 Å². The molecule has 26 heavy (non-hydrogen) atoms. The predicted molar refractivity (Wildman–Crippen MR) is 105 cm³/mol. The summed E-state index contributed by atoms with van der Waals surface area (Å²) >= 11 is 0. The van der Waals surface area contributed by atoms with Gasteiger partial charge in [-0.3, -0.25) is 14.6 Å². The van der Waals surface area contributed by atoms with Gasteiger partial charge in [0.25, 0.3) is 11.5 Å². The summed E-state index contributed by atoms with van der Waals surface area (Å²) in [4.78, 5) is 29.8. The van der Waals surface area contributed by atoms with Gasteiger partial charge in [0.2, 0.25) is 0 Å². The summed E-state index contributed by atoms with van der Waals surface area (Å²) in [6.07, 6.45) is 4.06. The zero-order valence-electron chi connectivity index (χ0n) is 15.3. The number of anilines is 1. The molecule has 0 saturated heterocycles. The molecule has 0 bridgehead atoms. The SMILES string of the molecule is Cc1ccc2cc(C(=O)Nc3ccncc3)n(CCC(C)C)c(=O)c2c1. The summed E-state index contributed by atoms with van der Waals surface area (Å²) in [5, 5.41) is 4.28. The van der Waals surface area contributed by atoms with Crippen molar-refractivity contribution in [2.45, 2.75) is 33.7 Å². The molecule has 0 aliphatic carbocycles. The number of amides is 1. The molecule has 0 aliphatic heterocycles. The molecule has 1 N–H and O–H groups in total. The van der Waals surface area contributed by atoms with Crippen LogP contribution < -0.4 is 10.9 Å². The molecule has 0 radical (unpaired) electrons. The van der Waals surface area contributed by atoms with Gasteiger partial charge in [-0.05, 0) is 48.9 Å². The largest absolute Gasteiger partial charge is 0.321 e. The first-order chi connectivity index (χ1) is 12.5. The topological polar surface area (TPSA) is 64.0 Å². The van der Waals surface area contributed by atoms with E-state index in [4.69, 9.17) is 0 Å². The van der Waals surface area contributed by atoms with Crippen molar-refractivity contribution in [2.24, 2.45) is 5.92 Å². The number of hydrogen-bond donors (Lipinski definition) is 1. The molecule has 3 aromatic rings. The second-order valence-electron chi connectivity index (χ2n) is 6.95. The molecule has 2 aromatic heterocycles. The smallest absolute Gasteiger partial charge is 0.272 e. The standard InChI is InChI=1S/C21H23N3O2/c1-14(2)8-11-24-19(20(25)23-17-6-9-22-10-7-17)13-16-5-4-15(3)12-18(16)21(24)26/h4-7,9-10,12-14H,8,11H2,1-3H3,(H,22,23,25). The van der Waals surface area contributed by atoms with Gasteiger partial charge in [-0.15, -0.1) is 0 Å². The van der Waals surface area contributed by atoms with E-state index in [1.165, 1.54) is 0 Å². The molecule has 5 nitrogen and oxygen atoms in total. The number of carbonyl (C=O) groups excluding carboxylic acids is 1. The minimum absolute atomic E-state index is 0.119. The summed E-state index contributed by atoms with van der Waals surface area (Å²) in [6, 6.07) is 11.0. The predicted octanol–water partition coefficient (Wildman–Crippen LogP) is 4.00. The van der Waals surface area contributed by atoms with Crippen LogP contribution in [0.15, 0.2) is 53.6 Å². The quantitative estimate of drug-likeness (QED) is 0.757. The zero-order chi connectivity index (χ0) is 18.7. The lowest BCUT2D eigenvalue weighted by Gasteiger charge is -2.16. The van der Waals surface area contributed by atoms with Crippen LogP contribution in [0.4, 0.5) is 5.69 Å².